The molecule has 4 nitrogen and oxygen atoms in total. The summed E-state index contributed by atoms with van der Waals surface area (Å²) in [6.07, 6.45) is 0.998. The van der Waals surface area contributed by atoms with E-state index in [-0.39, 0.29) is 29.8 Å². The van der Waals surface area contributed by atoms with Gasteiger partial charge in [0, 0.05) is 23.4 Å². The Morgan fingerprint density at radius 2 is 1.96 bits per heavy atom. The second-order valence-corrected chi connectivity index (χ2v) is 7.71. The number of hydrogen-bond acceptors (Lipinski definition) is 4. The van der Waals surface area contributed by atoms with Crippen LogP contribution in [0.5, 0.6) is 0 Å². The third-order valence-corrected chi connectivity index (χ3v) is 5.57. The van der Waals surface area contributed by atoms with Crippen LogP contribution in [0.15, 0.2) is 34.2 Å². The van der Waals surface area contributed by atoms with Gasteiger partial charge in [0.2, 0.25) is 0 Å². The first-order chi connectivity index (χ1) is 11.6. The molecular formula is C17H24FIN4S2. The third-order valence-electron chi connectivity index (χ3n) is 3.40. The first kappa shape index (κ1) is 22.2. The Labute approximate surface area is 174 Å². The first-order valence-corrected chi connectivity index (χ1v) is 9.64. The van der Waals surface area contributed by atoms with E-state index in [1.54, 1.807) is 30.1 Å². The average Bonchev–Trinajstić information content (AvgIpc) is 2.90. The summed E-state index contributed by atoms with van der Waals surface area (Å²) >= 11 is 3.44. The van der Waals surface area contributed by atoms with E-state index in [2.05, 4.69) is 27.5 Å². The summed E-state index contributed by atoms with van der Waals surface area (Å²) < 4.78 is 12.8. The van der Waals surface area contributed by atoms with Crippen molar-refractivity contribution >= 4 is 53.0 Å². The van der Waals surface area contributed by atoms with Crippen molar-refractivity contribution in [2.45, 2.75) is 31.7 Å². The Morgan fingerprint density at radius 1 is 1.24 bits per heavy atom. The first-order valence-electron chi connectivity index (χ1n) is 7.84. The topological polar surface area (TPSA) is 49.3 Å². The summed E-state index contributed by atoms with van der Waals surface area (Å²) in [5.41, 5.74) is 1.09. The van der Waals surface area contributed by atoms with Crippen LogP contribution in [0.25, 0.3) is 0 Å². The highest BCUT2D eigenvalue weighted by atomic mass is 127. The van der Waals surface area contributed by atoms with Gasteiger partial charge >= 0.3 is 0 Å². The molecule has 1 aromatic carbocycles. The molecule has 0 spiro atoms. The highest BCUT2D eigenvalue weighted by Crippen LogP contribution is 2.18. The van der Waals surface area contributed by atoms with Crippen LogP contribution in [-0.4, -0.2) is 30.3 Å². The largest absolute Gasteiger partial charge is 0.356 e. The van der Waals surface area contributed by atoms with E-state index in [0.29, 0.717) is 6.54 Å². The Balaban J connectivity index is 0.00000312. The van der Waals surface area contributed by atoms with Crippen LogP contribution in [0.4, 0.5) is 4.39 Å². The van der Waals surface area contributed by atoms with Crippen molar-refractivity contribution in [3.63, 3.8) is 0 Å². The molecule has 0 amide bonds. The summed E-state index contributed by atoms with van der Waals surface area (Å²) in [7, 11) is 1.76. The lowest BCUT2D eigenvalue weighted by atomic mass is 10.4. The molecule has 2 aromatic rings. The van der Waals surface area contributed by atoms with Gasteiger partial charge in [0.05, 0.1) is 12.2 Å². The number of nitrogens with zero attached hydrogens (tertiary/aromatic N) is 2. The van der Waals surface area contributed by atoms with Crippen LogP contribution in [0.3, 0.4) is 0 Å². The molecule has 2 rings (SSSR count). The lowest BCUT2D eigenvalue weighted by Crippen LogP contribution is -2.37. The van der Waals surface area contributed by atoms with Gasteiger partial charge in [-0.2, -0.15) is 0 Å². The molecule has 0 unspecified atom stereocenters. The number of thiazole rings is 1. The van der Waals surface area contributed by atoms with E-state index in [1.165, 1.54) is 17.0 Å². The molecule has 138 valence electrons. The quantitative estimate of drug-likeness (QED) is 0.198. The third kappa shape index (κ3) is 7.91. The van der Waals surface area contributed by atoms with Crippen LogP contribution in [0.1, 0.15) is 22.0 Å². The zero-order chi connectivity index (χ0) is 17.4. The number of thioether (sulfide) groups is 1. The van der Waals surface area contributed by atoms with Gasteiger partial charge in [-0.05, 0) is 50.3 Å². The lowest BCUT2D eigenvalue weighted by molar-refractivity contribution is 0.626. The molecule has 0 radical (unpaired) electrons. The highest BCUT2D eigenvalue weighted by Gasteiger charge is 2.04. The maximum absolute atomic E-state index is 12.8. The zero-order valence-corrected chi connectivity index (χ0v) is 18.6. The Hall–Kier alpha value is -0.870. The van der Waals surface area contributed by atoms with Crippen molar-refractivity contribution < 1.29 is 4.39 Å². The molecule has 1 aromatic heterocycles. The zero-order valence-electron chi connectivity index (χ0n) is 14.6. The van der Waals surface area contributed by atoms with Gasteiger partial charge < -0.3 is 10.6 Å². The Morgan fingerprint density at radius 3 is 2.56 bits per heavy atom. The number of aliphatic imine (C=N–C) groups is 1. The van der Waals surface area contributed by atoms with E-state index in [4.69, 9.17) is 0 Å². The summed E-state index contributed by atoms with van der Waals surface area (Å²) in [5, 5.41) is 7.65. The van der Waals surface area contributed by atoms with Crippen molar-refractivity contribution in [3.05, 3.63) is 45.7 Å². The van der Waals surface area contributed by atoms with E-state index in [9.17, 15) is 4.39 Å². The van der Waals surface area contributed by atoms with Gasteiger partial charge in [-0.25, -0.2) is 9.37 Å². The molecule has 1 heterocycles. The maximum Gasteiger partial charge on any atom is 0.191 e. The van der Waals surface area contributed by atoms with E-state index in [0.717, 1.165) is 40.3 Å². The Bertz CT molecular complexity index is 654. The van der Waals surface area contributed by atoms with Crippen LogP contribution >= 0.6 is 47.1 Å². The number of rotatable bonds is 7. The van der Waals surface area contributed by atoms with Crippen LogP contribution in [-0.2, 0) is 6.54 Å². The second-order valence-electron chi connectivity index (χ2n) is 5.26. The fraction of sp³-hybridized carbons (Fsp3) is 0.412. The maximum atomic E-state index is 12.8. The van der Waals surface area contributed by atoms with Crippen molar-refractivity contribution in [2.24, 2.45) is 4.99 Å². The van der Waals surface area contributed by atoms with E-state index < -0.39 is 0 Å². The minimum absolute atomic E-state index is 0. The molecule has 0 saturated carbocycles. The molecule has 0 saturated heterocycles. The number of nitrogens with one attached hydrogen (secondary N) is 2. The van der Waals surface area contributed by atoms with Gasteiger partial charge in [0.15, 0.2) is 5.96 Å². The van der Waals surface area contributed by atoms with Crippen molar-refractivity contribution in [2.75, 3.05) is 19.3 Å². The molecule has 0 aliphatic carbocycles. The van der Waals surface area contributed by atoms with Crippen LogP contribution in [0, 0.1) is 19.7 Å². The molecular weight excluding hydrogens is 470 g/mol. The lowest BCUT2D eigenvalue weighted by Gasteiger charge is -2.10. The summed E-state index contributed by atoms with van der Waals surface area (Å²) in [5.74, 6) is 1.56. The van der Waals surface area contributed by atoms with E-state index in [1.807, 2.05) is 19.1 Å². The van der Waals surface area contributed by atoms with Crippen molar-refractivity contribution in [1.29, 1.82) is 0 Å². The van der Waals surface area contributed by atoms with Crippen molar-refractivity contribution in [1.82, 2.24) is 15.6 Å². The predicted octanol–water partition coefficient (Wildman–Crippen LogP) is 4.36. The van der Waals surface area contributed by atoms with Gasteiger partial charge in [0.25, 0.3) is 0 Å². The highest BCUT2D eigenvalue weighted by molar-refractivity contribution is 14.0. The molecule has 0 bridgehead atoms. The summed E-state index contributed by atoms with van der Waals surface area (Å²) in [4.78, 5) is 11.1. The van der Waals surface area contributed by atoms with Crippen LogP contribution < -0.4 is 10.6 Å². The minimum atomic E-state index is -0.193. The van der Waals surface area contributed by atoms with Gasteiger partial charge in [-0.1, -0.05) is 0 Å². The van der Waals surface area contributed by atoms with E-state index >= 15 is 0 Å². The number of aryl methyl sites for hydroxylation is 2. The number of benzene rings is 1. The fourth-order valence-corrected chi connectivity index (χ4v) is 3.72. The van der Waals surface area contributed by atoms with Crippen LogP contribution in [0.2, 0.25) is 0 Å². The smallest absolute Gasteiger partial charge is 0.191 e. The molecule has 0 fully saturated rings. The second kappa shape index (κ2) is 11.7. The minimum Gasteiger partial charge on any atom is -0.356 e. The number of guanidine groups is 1. The standard InChI is InChI=1S/C17H23FN4S2.HI/c1-12-13(2)24-16(22-12)11-21-17(19-3)20-9-4-10-23-15-7-5-14(18)6-8-15;/h5-8H,4,9-11H2,1-3H3,(H2,19,20,21);1H. The normalized spacial score (nSPS) is 11.1. The SMILES string of the molecule is CN=C(NCCCSc1ccc(F)cc1)NCc1nc(C)c(C)s1.I. The molecule has 0 atom stereocenters. The van der Waals surface area contributed by atoms with Gasteiger partial charge in [-0.15, -0.1) is 47.1 Å². The number of hydrogen-bond donors (Lipinski definition) is 2. The molecule has 2 N–H and O–H groups in total. The van der Waals surface area contributed by atoms with Crippen molar-refractivity contribution in [3.8, 4) is 0 Å². The van der Waals surface area contributed by atoms with Gasteiger partial charge in [-0.3, -0.25) is 4.99 Å². The molecule has 0 aliphatic rings. The predicted molar refractivity (Wildman–Crippen MR) is 117 cm³/mol. The summed E-state index contributed by atoms with van der Waals surface area (Å²) in [6.45, 7) is 5.64. The summed E-state index contributed by atoms with van der Waals surface area (Å²) in [6, 6.07) is 6.61. The molecule has 25 heavy (non-hydrogen) atoms. The number of halogens is 2. The molecule has 0 aliphatic heterocycles. The monoisotopic (exact) mass is 494 g/mol. The van der Waals surface area contributed by atoms with Gasteiger partial charge in [0.1, 0.15) is 10.8 Å². The fourth-order valence-electron chi connectivity index (χ4n) is 1.99. The average molecular weight is 494 g/mol. The Kier molecular flexibility index (Phi) is 10.4. The molecule has 8 heteroatoms. The number of aromatic nitrogens is 1.